The number of carbonyl (C=O) groups excluding carboxylic acids is 2. The summed E-state index contributed by atoms with van der Waals surface area (Å²) in [5, 5.41) is 10.7. The maximum absolute atomic E-state index is 12.6. The minimum absolute atomic E-state index is 0.177. The summed E-state index contributed by atoms with van der Waals surface area (Å²) in [6.07, 6.45) is 0.774. The van der Waals surface area contributed by atoms with Gasteiger partial charge in [0.15, 0.2) is 0 Å². The lowest BCUT2D eigenvalue weighted by atomic mass is 9.87. The van der Waals surface area contributed by atoms with E-state index in [0.29, 0.717) is 16.6 Å². The molecule has 0 aliphatic heterocycles. The van der Waals surface area contributed by atoms with Gasteiger partial charge < -0.3 is 19.6 Å². The van der Waals surface area contributed by atoms with Gasteiger partial charge in [-0.2, -0.15) is 0 Å². The lowest BCUT2D eigenvalue weighted by Crippen LogP contribution is -2.22. The summed E-state index contributed by atoms with van der Waals surface area (Å²) < 4.78 is 12.3. The Labute approximate surface area is 170 Å². The first kappa shape index (κ1) is 20.9. The molecule has 3 rings (SSSR count). The van der Waals surface area contributed by atoms with Gasteiger partial charge >= 0.3 is 17.6 Å². The number of rotatable bonds is 5. The van der Waals surface area contributed by atoms with Gasteiger partial charge in [-0.3, -0.25) is 18.7 Å². The highest BCUT2D eigenvalue weighted by molar-refractivity contribution is 5.92. The molecule has 10 nitrogen and oxygen atoms in total. The molecule has 0 aliphatic carbocycles. The van der Waals surface area contributed by atoms with E-state index in [0.717, 1.165) is 13.3 Å². The molecule has 2 aromatic heterocycles. The predicted molar refractivity (Wildman–Crippen MR) is 107 cm³/mol. The lowest BCUT2D eigenvalue weighted by Gasteiger charge is -2.18. The van der Waals surface area contributed by atoms with E-state index in [2.05, 4.69) is 9.72 Å². The molecule has 2 heterocycles. The number of esters is 2. The van der Waals surface area contributed by atoms with Crippen LogP contribution in [0.15, 0.2) is 34.0 Å². The van der Waals surface area contributed by atoms with Gasteiger partial charge in [0.1, 0.15) is 11.3 Å². The van der Waals surface area contributed by atoms with Gasteiger partial charge in [-0.05, 0) is 17.7 Å². The molecule has 0 fully saturated rings. The number of benzene rings is 1. The quantitative estimate of drug-likeness (QED) is 0.588. The number of aromatic amines is 1. The van der Waals surface area contributed by atoms with Crippen molar-refractivity contribution in [2.45, 2.75) is 12.3 Å². The molecular formula is C20H21N3O7. The highest BCUT2D eigenvalue weighted by Gasteiger charge is 2.28. The van der Waals surface area contributed by atoms with E-state index in [1.54, 1.807) is 32.3 Å². The van der Waals surface area contributed by atoms with Crippen LogP contribution in [-0.4, -0.2) is 45.4 Å². The summed E-state index contributed by atoms with van der Waals surface area (Å²) in [4.78, 5) is 51.3. The van der Waals surface area contributed by atoms with Crippen LogP contribution < -0.4 is 11.2 Å². The number of methoxy groups -OCH3 is 2. The number of hydrogen-bond donors (Lipinski definition) is 2. The first-order valence-corrected chi connectivity index (χ1v) is 8.96. The number of aromatic nitrogens is 3. The van der Waals surface area contributed by atoms with Crippen molar-refractivity contribution in [2.75, 3.05) is 14.2 Å². The monoisotopic (exact) mass is 415 g/mol. The van der Waals surface area contributed by atoms with Crippen molar-refractivity contribution >= 4 is 23.0 Å². The minimum Gasteiger partial charge on any atom is -0.506 e. The highest BCUT2D eigenvalue weighted by atomic mass is 16.5. The number of ether oxygens (including phenoxy) is 2. The third-order valence-corrected chi connectivity index (χ3v) is 5.15. The van der Waals surface area contributed by atoms with E-state index in [-0.39, 0.29) is 23.2 Å². The van der Waals surface area contributed by atoms with E-state index < -0.39 is 29.2 Å². The zero-order chi connectivity index (χ0) is 22.2. The minimum atomic E-state index is -0.939. The maximum atomic E-state index is 12.6. The first-order valence-electron chi connectivity index (χ1n) is 8.96. The topological polar surface area (TPSA) is 133 Å². The number of carbonyl (C=O) groups is 2. The number of imidazole rings is 1. The molecule has 0 radical (unpaired) electrons. The SMILES string of the molecule is COC(=O)CC(c1ccc2c(c1)n(C)c(=O)n2C)c1c(O)c(C(=O)OC)c[nH]c1=O. The molecule has 3 aromatic rings. The Hall–Kier alpha value is -3.82. The van der Waals surface area contributed by atoms with Gasteiger partial charge in [-0.15, -0.1) is 0 Å². The van der Waals surface area contributed by atoms with Gasteiger partial charge in [-0.25, -0.2) is 9.59 Å². The third-order valence-electron chi connectivity index (χ3n) is 5.15. The Kier molecular flexibility index (Phi) is 5.50. The Morgan fingerprint density at radius 3 is 2.40 bits per heavy atom. The fraction of sp³-hybridized carbons (Fsp3) is 0.300. The van der Waals surface area contributed by atoms with E-state index in [1.807, 2.05) is 0 Å². The zero-order valence-electron chi connectivity index (χ0n) is 16.9. The summed E-state index contributed by atoms with van der Waals surface area (Å²) in [5.74, 6) is -2.99. The Bertz CT molecular complexity index is 1270. The van der Waals surface area contributed by atoms with Crippen LogP contribution in [-0.2, 0) is 28.4 Å². The van der Waals surface area contributed by atoms with Gasteiger partial charge in [0.05, 0.1) is 37.2 Å². The van der Waals surface area contributed by atoms with Crippen LogP contribution in [0.5, 0.6) is 5.75 Å². The normalized spacial score (nSPS) is 12.0. The molecule has 0 amide bonds. The Morgan fingerprint density at radius 1 is 1.10 bits per heavy atom. The lowest BCUT2D eigenvalue weighted by molar-refractivity contribution is -0.140. The van der Waals surface area contributed by atoms with Crippen LogP contribution in [0.25, 0.3) is 11.0 Å². The van der Waals surface area contributed by atoms with Crippen molar-refractivity contribution in [3.8, 4) is 5.75 Å². The summed E-state index contributed by atoms with van der Waals surface area (Å²) in [5.41, 5.74) is 0.395. The van der Waals surface area contributed by atoms with Crippen LogP contribution in [0.1, 0.15) is 33.8 Å². The van der Waals surface area contributed by atoms with Crippen molar-refractivity contribution in [1.29, 1.82) is 0 Å². The van der Waals surface area contributed by atoms with Crippen molar-refractivity contribution in [1.82, 2.24) is 14.1 Å². The smallest absolute Gasteiger partial charge is 0.343 e. The summed E-state index contributed by atoms with van der Waals surface area (Å²) in [6.45, 7) is 0. The summed E-state index contributed by atoms with van der Waals surface area (Å²) in [6, 6.07) is 5.00. The second-order valence-corrected chi connectivity index (χ2v) is 6.77. The van der Waals surface area contributed by atoms with Crippen LogP contribution >= 0.6 is 0 Å². The average molecular weight is 415 g/mol. The van der Waals surface area contributed by atoms with E-state index in [1.165, 1.54) is 16.2 Å². The molecule has 10 heteroatoms. The fourth-order valence-electron chi connectivity index (χ4n) is 3.50. The van der Waals surface area contributed by atoms with Gasteiger partial charge in [0.25, 0.3) is 5.56 Å². The second-order valence-electron chi connectivity index (χ2n) is 6.77. The van der Waals surface area contributed by atoms with Gasteiger partial charge in [0.2, 0.25) is 0 Å². The number of aromatic hydroxyl groups is 1. The number of nitrogens with zero attached hydrogens (tertiary/aromatic N) is 2. The molecule has 30 heavy (non-hydrogen) atoms. The summed E-state index contributed by atoms with van der Waals surface area (Å²) >= 11 is 0. The molecule has 0 spiro atoms. The zero-order valence-corrected chi connectivity index (χ0v) is 16.9. The number of nitrogens with one attached hydrogen (secondary N) is 1. The largest absolute Gasteiger partial charge is 0.506 e. The maximum Gasteiger partial charge on any atom is 0.343 e. The molecule has 2 N–H and O–H groups in total. The summed E-state index contributed by atoms with van der Waals surface area (Å²) in [7, 11) is 5.58. The van der Waals surface area contributed by atoms with Gasteiger partial charge in [-0.1, -0.05) is 6.07 Å². The van der Waals surface area contributed by atoms with Crippen molar-refractivity contribution < 1.29 is 24.2 Å². The number of pyridine rings is 1. The predicted octanol–water partition coefficient (Wildman–Crippen LogP) is 0.752. The number of aryl methyl sites for hydroxylation is 2. The molecule has 1 aromatic carbocycles. The molecule has 0 aliphatic rings. The van der Waals surface area contributed by atoms with E-state index in [9.17, 15) is 24.3 Å². The Balaban J connectivity index is 2.28. The Morgan fingerprint density at radius 2 is 1.77 bits per heavy atom. The van der Waals surface area contributed by atoms with Gasteiger partial charge in [0, 0.05) is 26.2 Å². The molecule has 158 valence electrons. The van der Waals surface area contributed by atoms with Crippen LogP contribution in [0.2, 0.25) is 0 Å². The van der Waals surface area contributed by atoms with Crippen LogP contribution in [0.4, 0.5) is 0 Å². The van der Waals surface area contributed by atoms with Crippen LogP contribution in [0.3, 0.4) is 0 Å². The molecule has 0 bridgehead atoms. The number of fused-ring (bicyclic) bond motifs is 1. The molecule has 1 atom stereocenters. The standard InChI is InChI=1S/C20H21N3O7/c1-22-13-6-5-10(7-14(13)23(2)20(22)28)11(8-15(24)29-3)16-17(25)12(19(27)30-4)9-21-18(16)26/h5-7,9,11H,8H2,1-4H3,(H2,21,25,26). The van der Waals surface area contributed by atoms with Crippen molar-refractivity contribution in [3.63, 3.8) is 0 Å². The second kappa shape index (κ2) is 7.90. The van der Waals surface area contributed by atoms with Crippen molar-refractivity contribution in [3.05, 3.63) is 61.9 Å². The van der Waals surface area contributed by atoms with Crippen molar-refractivity contribution in [2.24, 2.45) is 14.1 Å². The highest BCUT2D eigenvalue weighted by Crippen LogP contribution is 2.34. The number of H-pyrrole nitrogens is 1. The molecule has 0 saturated carbocycles. The van der Waals surface area contributed by atoms with E-state index >= 15 is 0 Å². The third kappa shape index (κ3) is 3.36. The fourth-order valence-corrected chi connectivity index (χ4v) is 3.50. The molecular weight excluding hydrogens is 394 g/mol. The van der Waals surface area contributed by atoms with E-state index in [4.69, 9.17) is 4.74 Å². The van der Waals surface area contributed by atoms with Crippen LogP contribution in [0, 0.1) is 0 Å². The molecule has 1 unspecified atom stereocenters. The number of hydrogen-bond acceptors (Lipinski definition) is 7. The first-order chi connectivity index (χ1) is 14.2. The average Bonchev–Trinajstić information content (AvgIpc) is 2.96. The molecule has 0 saturated heterocycles.